The van der Waals surface area contributed by atoms with Gasteiger partial charge >= 0.3 is 6.03 Å². The van der Waals surface area contributed by atoms with Crippen molar-refractivity contribution in [2.45, 2.75) is 6.42 Å². The molecule has 1 aromatic carbocycles. The molecule has 2 amide bonds. The van der Waals surface area contributed by atoms with Crippen LogP contribution in [0.25, 0.3) is 5.69 Å². The molecule has 7 heteroatoms. The van der Waals surface area contributed by atoms with E-state index < -0.39 is 0 Å². The highest BCUT2D eigenvalue weighted by Gasteiger charge is 2.10. The highest BCUT2D eigenvalue weighted by atomic mass is 16.5. The molecule has 1 aliphatic heterocycles. The molecule has 0 saturated carbocycles. The summed E-state index contributed by atoms with van der Waals surface area (Å²) < 4.78 is 7.35. The maximum absolute atomic E-state index is 11.9. The van der Waals surface area contributed by atoms with Crippen LogP contribution in [0.4, 0.5) is 4.79 Å². The van der Waals surface area contributed by atoms with Gasteiger partial charge in [0, 0.05) is 57.2 Å². The van der Waals surface area contributed by atoms with Gasteiger partial charge in [0.05, 0.1) is 13.2 Å². The van der Waals surface area contributed by atoms with E-state index in [4.69, 9.17) is 4.74 Å². The Morgan fingerprint density at radius 3 is 2.68 bits per heavy atom. The van der Waals surface area contributed by atoms with E-state index in [2.05, 4.69) is 20.5 Å². The monoisotopic (exact) mass is 343 g/mol. The second-order valence-electron chi connectivity index (χ2n) is 5.94. The van der Waals surface area contributed by atoms with Crippen LogP contribution >= 0.6 is 0 Å². The minimum atomic E-state index is -0.133. The van der Waals surface area contributed by atoms with Gasteiger partial charge in [-0.15, -0.1) is 0 Å². The number of rotatable bonds is 7. The van der Waals surface area contributed by atoms with Crippen molar-refractivity contribution >= 4 is 6.03 Å². The van der Waals surface area contributed by atoms with Crippen LogP contribution in [0.2, 0.25) is 0 Å². The highest BCUT2D eigenvalue weighted by Crippen LogP contribution is 2.10. The lowest BCUT2D eigenvalue weighted by Gasteiger charge is -2.26. The van der Waals surface area contributed by atoms with Crippen molar-refractivity contribution in [3.05, 3.63) is 48.5 Å². The quantitative estimate of drug-likeness (QED) is 0.788. The second kappa shape index (κ2) is 9.19. The number of urea groups is 1. The van der Waals surface area contributed by atoms with Crippen molar-refractivity contribution in [2.24, 2.45) is 0 Å². The molecule has 25 heavy (non-hydrogen) atoms. The second-order valence-corrected chi connectivity index (χ2v) is 5.94. The minimum Gasteiger partial charge on any atom is -0.379 e. The summed E-state index contributed by atoms with van der Waals surface area (Å²) in [6.07, 6.45) is 4.40. The van der Waals surface area contributed by atoms with Crippen molar-refractivity contribution in [3.8, 4) is 5.69 Å². The van der Waals surface area contributed by atoms with Gasteiger partial charge in [0.15, 0.2) is 0 Å². The van der Waals surface area contributed by atoms with Gasteiger partial charge in [-0.25, -0.2) is 9.78 Å². The molecule has 0 spiro atoms. The van der Waals surface area contributed by atoms with E-state index in [9.17, 15) is 4.79 Å². The zero-order valence-electron chi connectivity index (χ0n) is 14.4. The van der Waals surface area contributed by atoms with Crippen LogP contribution in [0.1, 0.15) is 5.82 Å². The number of nitrogens with zero attached hydrogens (tertiary/aromatic N) is 3. The third-order valence-electron chi connectivity index (χ3n) is 4.20. The molecule has 2 heterocycles. The normalized spacial score (nSPS) is 15.0. The number of benzene rings is 1. The largest absolute Gasteiger partial charge is 0.379 e. The number of carbonyl (C=O) groups is 1. The molecule has 134 valence electrons. The van der Waals surface area contributed by atoms with E-state index in [1.54, 1.807) is 6.20 Å². The molecule has 2 aromatic rings. The van der Waals surface area contributed by atoms with Gasteiger partial charge < -0.3 is 19.9 Å². The number of nitrogens with one attached hydrogen (secondary N) is 2. The summed E-state index contributed by atoms with van der Waals surface area (Å²) in [4.78, 5) is 18.6. The van der Waals surface area contributed by atoms with Gasteiger partial charge in [-0.3, -0.25) is 4.90 Å². The summed E-state index contributed by atoms with van der Waals surface area (Å²) in [6.45, 7) is 5.48. The first-order chi connectivity index (χ1) is 12.3. The van der Waals surface area contributed by atoms with Gasteiger partial charge in [0.1, 0.15) is 5.82 Å². The van der Waals surface area contributed by atoms with Crippen LogP contribution in [-0.4, -0.2) is 66.4 Å². The molecule has 0 atom stereocenters. The van der Waals surface area contributed by atoms with Crippen molar-refractivity contribution in [3.63, 3.8) is 0 Å². The molecule has 3 rings (SSSR count). The van der Waals surface area contributed by atoms with Crippen LogP contribution in [0.3, 0.4) is 0 Å². The maximum Gasteiger partial charge on any atom is 0.314 e. The molecule has 7 nitrogen and oxygen atoms in total. The Morgan fingerprint density at radius 1 is 1.12 bits per heavy atom. The molecular formula is C18H25N5O2. The Balaban J connectivity index is 1.37. The number of ether oxygens (including phenoxy) is 1. The Morgan fingerprint density at radius 2 is 1.88 bits per heavy atom. The first-order valence-corrected chi connectivity index (χ1v) is 8.72. The number of hydrogen-bond acceptors (Lipinski definition) is 4. The molecule has 2 N–H and O–H groups in total. The molecule has 1 fully saturated rings. The highest BCUT2D eigenvalue weighted by molar-refractivity contribution is 5.73. The summed E-state index contributed by atoms with van der Waals surface area (Å²) >= 11 is 0. The third kappa shape index (κ3) is 5.30. The van der Waals surface area contributed by atoms with Crippen LogP contribution in [0, 0.1) is 0 Å². The summed E-state index contributed by atoms with van der Waals surface area (Å²) in [7, 11) is 0. The smallest absolute Gasteiger partial charge is 0.314 e. The van der Waals surface area contributed by atoms with Crippen LogP contribution in [0.15, 0.2) is 42.7 Å². The van der Waals surface area contributed by atoms with E-state index in [0.29, 0.717) is 19.5 Å². The van der Waals surface area contributed by atoms with Gasteiger partial charge in [-0.1, -0.05) is 18.2 Å². The summed E-state index contributed by atoms with van der Waals surface area (Å²) in [5.74, 6) is 0.930. The molecule has 1 aliphatic rings. The number of carbonyl (C=O) groups excluding carboxylic acids is 1. The van der Waals surface area contributed by atoms with Gasteiger partial charge in [-0.05, 0) is 12.1 Å². The van der Waals surface area contributed by atoms with Crippen molar-refractivity contribution in [1.29, 1.82) is 0 Å². The number of para-hydroxylation sites is 1. The van der Waals surface area contributed by atoms with Crippen molar-refractivity contribution in [2.75, 3.05) is 45.9 Å². The molecule has 0 radical (unpaired) electrons. The number of morpholine rings is 1. The van der Waals surface area contributed by atoms with E-state index in [-0.39, 0.29) is 6.03 Å². The number of aromatic nitrogens is 2. The molecule has 1 aromatic heterocycles. The predicted octanol–water partition coefficient (Wildman–Crippen LogP) is 1.05. The minimum absolute atomic E-state index is 0.133. The first kappa shape index (κ1) is 17.4. The molecular weight excluding hydrogens is 318 g/mol. The van der Waals surface area contributed by atoms with Crippen LogP contribution in [-0.2, 0) is 11.2 Å². The first-order valence-electron chi connectivity index (χ1n) is 8.72. The standard InChI is InChI=1S/C18H25N5O2/c24-18(21-8-10-22-12-14-25-15-13-22)20-7-6-17-19-9-11-23(17)16-4-2-1-3-5-16/h1-5,9,11H,6-8,10,12-15H2,(H2,20,21,24). The molecule has 0 unspecified atom stereocenters. The fourth-order valence-electron chi connectivity index (χ4n) is 2.85. The summed E-state index contributed by atoms with van der Waals surface area (Å²) in [5.41, 5.74) is 1.07. The fraction of sp³-hybridized carbons (Fsp3) is 0.444. The Kier molecular flexibility index (Phi) is 6.42. The third-order valence-corrected chi connectivity index (χ3v) is 4.20. The lowest BCUT2D eigenvalue weighted by Crippen LogP contribution is -2.44. The number of amides is 2. The SMILES string of the molecule is O=C(NCCc1nccn1-c1ccccc1)NCCN1CCOCC1. The fourth-order valence-corrected chi connectivity index (χ4v) is 2.85. The van der Waals surface area contributed by atoms with Crippen molar-refractivity contribution < 1.29 is 9.53 Å². The number of imidazole rings is 1. The van der Waals surface area contributed by atoms with E-state index >= 15 is 0 Å². The van der Waals surface area contributed by atoms with Crippen molar-refractivity contribution in [1.82, 2.24) is 25.1 Å². The predicted molar refractivity (Wildman–Crippen MR) is 95.9 cm³/mol. The summed E-state index contributed by atoms with van der Waals surface area (Å²) in [5, 5.41) is 5.79. The average Bonchev–Trinajstić information content (AvgIpc) is 3.12. The Bertz CT molecular complexity index is 652. The Hall–Kier alpha value is -2.38. The van der Waals surface area contributed by atoms with E-state index in [1.807, 2.05) is 41.1 Å². The molecule has 1 saturated heterocycles. The van der Waals surface area contributed by atoms with Crippen LogP contribution in [0.5, 0.6) is 0 Å². The lowest BCUT2D eigenvalue weighted by atomic mass is 10.3. The van der Waals surface area contributed by atoms with E-state index in [1.165, 1.54) is 0 Å². The average molecular weight is 343 g/mol. The lowest BCUT2D eigenvalue weighted by molar-refractivity contribution is 0.0387. The zero-order chi connectivity index (χ0) is 17.3. The molecule has 0 aliphatic carbocycles. The zero-order valence-corrected chi connectivity index (χ0v) is 14.4. The maximum atomic E-state index is 11.9. The van der Waals surface area contributed by atoms with Crippen LogP contribution < -0.4 is 10.6 Å². The Labute approximate surface area is 148 Å². The number of hydrogen-bond donors (Lipinski definition) is 2. The van der Waals surface area contributed by atoms with Gasteiger partial charge in [-0.2, -0.15) is 0 Å². The van der Waals surface area contributed by atoms with Gasteiger partial charge in [0.2, 0.25) is 0 Å². The van der Waals surface area contributed by atoms with Gasteiger partial charge in [0.25, 0.3) is 0 Å². The topological polar surface area (TPSA) is 71.4 Å². The summed E-state index contributed by atoms with van der Waals surface area (Å²) in [6, 6.07) is 9.93. The van der Waals surface area contributed by atoms with E-state index in [0.717, 1.165) is 44.4 Å². The molecule has 0 bridgehead atoms.